The van der Waals surface area contributed by atoms with Gasteiger partial charge in [-0.2, -0.15) is 0 Å². The third kappa shape index (κ3) is 4.76. The minimum absolute atomic E-state index is 0.0871. The van der Waals surface area contributed by atoms with Crippen LogP contribution in [0, 0.1) is 6.92 Å². The first-order valence-electron chi connectivity index (χ1n) is 8.93. The maximum Gasteiger partial charge on any atom is 0.271 e. The molecule has 1 aromatic rings. The monoisotopic (exact) mass is 397 g/mol. The van der Waals surface area contributed by atoms with Crippen LogP contribution in [-0.4, -0.2) is 48.9 Å². The number of rotatable bonds is 6. The van der Waals surface area contributed by atoms with Crippen molar-refractivity contribution in [2.75, 3.05) is 18.0 Å². The van der Waals surface area contributed by atoms with Crippen LogP contribution in [0.3, 0.4) is 0 Å². The van der Waals surface area contributed by atoms with Gasteiger partial charge >= 0.3 is 0 Å². The Morgan fingerprint density at radius 2 is 1.89 bits per heavy atom. The van der Waals surface area contributed by atoms with Gasteiger partial charge in [0.1, 0.15) is 12.3 Å². The minimum Gasteiger partial charge on any atom is -0.476 e. The Kier molecular flexibility index (Phi) is 6.26. The summed E-state index contributed by atoms with van der Waals surface area (Å²) in [5, 5.41) is 4.86. The Bertz CT molecular complexity index is 794. The molecule has 0 bridgehead atoms. The van der Waals surface area contributed by atoms with Gasteiger partial charge in [-0.25, -0.2) is 8.78 Å². The number of hydrogen-bond acceptors (Lipinski definition) is 4. The molecule has 154 valence electrons. The van der Waals surface area contributed by atoms with Crippen molar-refractivity contribution in [2.45, 2.75) is 52.7 Å². The van der Waals surface area contributed by atoms with Crippen molar-refractivity contribution < 1.29 is 27.9 Å². The third-order valence-electron chi connectivity index (χ3n) is 4.14. The van der Waals surface area contributed by atoms with Crippen molar-refractivity contribution in [3.63, 3.8) is 0 Å². The van der Waals surface area contributed by atoms with E-state index in [0.717, 1.165) is 4.90 Å². The number of carbonyl (C=O) groups is 3. The lowest BCUT2D eigenvalue weighted by Crippen LogP contribution is -2.55. The summed E-state index contributed by atoms with van der Waals surface area (Å²) in [6.07, 6.45) is -2.69. The van der Waals surface area contributed by atoms with Gasteiger partial charge in [0.15, 0.2) is 5.60 Å². The van der Waals surface area contributed by atoms with E-state index in [0.29, 0.717) is 16.9 Å². The Balaban J connectivity index is 2.42. The number of alkyl halides is 2. The normalized spacial score (nSPS) is 15.3. The number of hydrogen-bond donors (Lipinski definition) is 2. The van der Waals surface area contributed by atoms with Crippen molar-refractivity contribution in [1.29, 1.82) is 0 Å². The Hall–Kier alpha value is -2.71. The topological polar surface area (TPSA) is 87.7 Å². The van der Waals surface area contributed by atoms with Crippen LogP contribution >= 0.6 is 0 Å². The Morgan fingerprint density at radius 3 is 2.46 bits per heavy atom. The second-order valence-corrected chi connectivity index (χ2v) is 7.46. The molecule has 0 unspecified atom stereocenters. The molecule has 2 N–H and O–H groups in total. The number of nitrogens with one attached hydrogen (secondary N) is 2. The number of amides is 3. The second-order valence-electron chi connectivity index (χ2n) is 7.46. The van der Waals surface area contributed by atoms with Crippen molar-refractivity contribution in [2.24, 2.45) is 0 Å². The lowest BCUT2D eigenvalue weighted by Gasteiger charge is -2.39. The zero-order chi connectivity index (χ0) is 21.2. The van der Waals surface area contributed by atoms with Crippen molar-refractivity contribution in [3.8, 4) is 5.75 Å². The molecule has 2 rings (SSSR count). The zero-order valence-electron chi connectivity index (χ0n) is 16.6. The largest absolute Gasteiger partial charge is 0.476 e. The summed E-state index contributed by atoms with van der Waals surface area (Å²) in [5.41, 5.74) is -0.0221. The van der Waals surface area contributed by atoms with Crippen molar-refractivity contribution in [1.82, 2.24) is 10.6 Å². The summed E-state index contributed by atoms with van der Waals surface area (Å²) in [6.45, 7) is 7.22. The summed E-state index contributed by atoms with van der Waals surface area (Å²) in [5.74, 6) is -1.23. The van der Waals surface area contributed by atoms with Crippen molar-refractivity contribution >= 4 is 23.4 Å². The minimum atomic E-state index is -2.69. The lowest BCUT2D eigenvalue weighted by atomic mass is 9.99. The highest BCUT2D eigenvalue weighted by atomic mass is 19.3. The third-order valence-corrected chi connectivity index (χ3v) is 4.14. The molecular weight excluding hydrogens is 372 g/mol. The summed E-state index contributed by atoms with van der Waals surface area (Å²) >= 11 is 0. The molecule has 1 aliphatic heterocycles. The second kappa shape index (κ2) is 8.12. The van der Waals surface area contributed by atoms with Crippen molar-refractivity contribution in [3.05, 3.63) is 23.3 Å². The number of aryl methyl sites for hydroxylation is 1. The van der Waals surface area contributed by atoms with Gasteiger partial charge in [-0.15, -0.1) is 0 Å². The quantitative estimate of drug-likeness (QED) is 0.769. The molecule has 1 aliphatic rings. The molecule has 3 amide bonds. The number of carbonyl (C=O) groups excluding carboxylic acids is 3. The zero-order valence-corrected chi connectivity index (χ0v) is 16.6. The molecule has 0 aromatic heterocycles. The van der Waals surface area contributed by atoms with E-state index in [2.05, 4.69) is 10.6 Å². The highest BCUT2D eigenvalue weighted by molar-refractivity contribution is 6.07. The molecule has 1 heterocycles. The van der Waals surface area contributed by atoms with Gasteiger partial charge in [0.2, 0.25) is 5.91 Å². The van der Waals surface area contributed by atoms with E-state index in [1.54, 1.807) is 26.8 Å². The first-order valence-corrected chi connectivity index (χ1v) is 8.93. The smallest absolute Gasteiger partial charge is 0.271 e. The fourth-order valence-corrected chi connectivity index (χ4v) is 2.85. The van der Waals surface area contributed by atoms with Gasteiger partial charge in [-0.1, -0.05) is 0 Å². The molecule has 0 radical (unpaired) electrons. The van der Waals surface area contributed by atoms with E-state index in [-0.39, 0.29) is 17.6 Å². The molecule has 0 fully saturated rings. The van der Waals surface area contributed by atoms with Crippen LogP contribution in [0.1, 0.15) is 43.6 Å². The number of fused-ring (bicyclic) bond motifs is 1. The van der Waals surface area contributed by atoms with E-state index in [9.17, 15) is 23.2 Å². The number of nitrogens with zero attached hydrogens (tertiary/aromatic N) is 1. The molecule has 0 saturated heterocycles. The predicted molar refractivity (Wildman–Crippen MR) is 99.9 cm³/mol. The van der Waals surface area contributed by atoms with E-state index in [1.165, 1.54) is 6.07 Å². The first kappa shape index (κ1) is 21.6. The van der Waals surface area contributed by atoms with E-state index in [4.69, 9.17) is 4.74 Å². The fraction of sp³-hybridized carbons (Fsp3) is 0.526. The van der Waals surface area contributed by atoms with Gasteiger partial charge in [-0.3, -0.25) is 19.3 Å². The van der Waals surface area contributed by atoms with E-state index in [1.807, 2.05) is 13.8 Å². The van der Waals surface area contributed by atoms with Crippen LogP contribution in [0.2, 0.25) is 0 Å². The molecule has 9 heteroatoms. The summed E-state index contributed by atoms with van der Waals surface area (Å²) in [7, 11) is 0. The highest BCUT2D eigenvalue weighted by Gasteiger charge is 2.42. The molecule has 0 atom stereocenters. The Labute approximate surface area is 162 Å². The molecule has 7 nitrogen and oxygen atoms in total. The lowest BCUT2D eigenvalue weighted by molar-refractivity contribution is -0.134. The fourth-order valence-electron chi connectivity index (χ4n) is 2.85. The van der Waals surface area contributed by atoms with E-state index >= 15 is 0 Å². The van der Waals surface area contributed by atoms with Gasteiger partial charge in [0.05, 0.1) is 12.2 Å². The Morgan fingerprint density at radius 1 is 1.25 bits per heavy atom. The predicted octanol–water partition coefficient (Wildman–Crippen LogP) is 2.02. The number of benzene rings is 1. The van der Waals surface area contributed by atoms with Crippen LogP contribution in [0.4, 0.5) is 14.5 Å². The SMILES string of the molecule is Cc1cc2c(cc1C(=O)NC(C)C)N(CC(=O)NCC(F)F)C(=O)C(C)(C)O2. The molecular formula is C19H25F2N3O4. The number of anilines is 1. The summed E-state index contributed by atoms with van der Waals surface area (Å²) < 4.78 is 30.4. The van der Waals surface area contributed by atoms with E-state index < -0.39 is 36.9 Å². The maximum absolute atomic E-state index is 12.8. The standard InChI is InChI=1S/C19H25F2N3O4/c1-10(2)23-17(26)12-7-13-14(6-11(12)3)28-19(4,5)18(27)24(13)9-16(25)22-8-15(20)21/h6-7,10,15H,8-9H2,1-5H3,(H,22,25)(H,23,26). The number of halogens is 2. The molecule has 28 heavy (non-hydrogen) atoms. The summed E-state index contributed by atoms with van der Waals surface area (Å²) in [6, 6.07) is 3.02. The molecule has 1 aromatic carbocycles. The van der Waals surface area contributed by atoms with Crippen LogP contribution in [-0.2, 0) is 9.59 Å². The average molecular weight is 397 g/mol. The first-order chi connectivity index (χ1) is 12.9. The van der Waals surface area contributed by atoms with Gasteiger partial charge in [0.25, 0.3) is 18.2 Å². The molecule has 0 aliphatic carbocycles. The highest BCUT2D eigenvalue weighted by Crippen LogP contribution is 2.39. The van der Waals surface area contributed by atoms with Crippen LogP contribution in [0.15, 0.2) is 12.1 Å². The van der Waals surface area contributed by atoms with Crippen LogP contribution in [0.25, 0.3) is 0 Å². The molecule has 0 saturated carbocycles. The summed E-state index contributed by atoms with van der Waals surface area (Å²) in [4.78, 5) is 38.5. The van der Waals surface area contributed by atoms with Crippen LogP contribution < -0.4 is 20.3 Å². The van der Waals surface area contributed by atoms with Gasteiger partial charge in [-0.05, 0) is 52.3 Å². The van der Waals surface area contributed by atoms with Crippen LogP contribution in [0.5, 0.6) is 5.75 Å². The van der Waals surface area contributed by atoms with Gasteiger partial charge < -0.3 is 15.4 Å². The number of ether oxygens (including phenoxy) is 1. The average Bonchev–Trinajstić information content (AvgIpc) is 2.55. The maximum atomic E-state index is 12.8. The molecule has 0 spiro atoms. The van der Waals surface area contributed by atoms with Gasteiger partial charge in [0, 0.05) is 11.6 Å².